The second-order valence-electron chi connectivity index (χ2n) is 15.0. The highest BCUT2D eigenvalue weighted by Crippen LogP contribution is 2.39. The summed E-state index contributed by atoms with van der Waals surface area (Å²) in [6.07, 6.45) is 0. The average Bonchev–Trinajstić information content (AvgIpc) is 3.81. The van der Waals surface area contributed by atoms with Gasteiger partial charge < -0.3 is 9.13 Å². The largest absolute Gasteiger partial charge is 0.309 e. The molecule has 0 N–H and O–H groups in total. The van der Waals surface area contributed by atoms with Crippen LogP contribution in [0.1, 0.15) is 0 Å². The van der Waals surface area contributed by atoms with Gasteiger partial charge in [-0.2, -0.15) is 0 Å². The van der Waals surface area contributed by atoms with Gasteiger partial charge in [-0.15, -0.1) is 0 Å². The Morgan fingerprint density at radius 1 is 0.276 bits per heavy atom. The number of nitrogens with zero attached hydrogens (tertiary/aromatic N) is 4. The second-order valence-corrected chi connectivity index (χ2v) is 15.0. The first-order chi connectivity index (χ1) is 28.7. The fourth-order valence-electron chi connectivity index (χ4n) is 8.94. The average molecular weight is 739 g/mol. The maximum Gasteiger partial charge on any atom is 0.0973 e. The number of aromatic nitrogens is 4. The van der Waals surface area contributed by atoms with Gasteiger partial charge in [0, 0.05) is 44.0 Å². The smallest absolute Gasteiger partial charge is 0.0973 e. The highest BCUT2D eigenvalue weighted by molar-refractivity contribution is 6.13. The first-order valence-electron chi connectivity index (χ1n) is 19.7. The molecule has 9 aromatic carbocycles. The first kappa shape index (κ1) is 32.4. The van der Waals surface area contributed by atoms with Crippen molar-refractivity contribution in [1.82, 2.24) is 19.1 Å². The summed E-state index contributed by atoms with van der Waals surface area (Å²) in [5.74, 6) is 0. The van der Waals surface area contributed by atoms with E-state index in [-0.39, 0.29) is 0 Å². The van der Waals surface area contributed by atoms with E-state index in [4.69, 9.17) is 9.97 Å². The summed E-state index contributed by atoms with van der Waals surface area (Å²) in [6, 6.07) is 73.9. The van der Waals surface area contributed by atoms with Crippen molar-refractivity contribution in [3.63, 3.8) is 0 Å². The zero-order chi connectivity index (χ0) is 38.2. The molecule has 0 atom stereocenters. The predicted molar refractivity (Wildman–Crippen MR) is 242 cm³/mol. The van der Waals surface area contributed by atoms with Crippen LogP contribution in [-0.2, 0) is 0 Å². The standard InChI is InChI=1S/C54H34N4/c1-2-13-36(14-3-1)53-54(56-48-19-9-8-18-47(48)55-53)37-23-27-41(28-24-37)57-49-20-10-6-16-43(49)45-33-39(25-30-51(45)57)40-26-31-52-46(34-40)44-17-7-11-21-50(44)58(52)42-29-22-35-12-4-5-15-38(35)32-42/h1-34H. The van der Waals surface area contributed by atoms with Gasteiger partial charge in [-0.25, -0.2) is 9.97 Å². The van der Waals surface area contributed by atoms with Gasteiger partial charge in [-0.05, 0) is 94.7 Å². The van der Waals surface area contributed by atoms with Gasteiger partial charge in [0.05, 0.1) is 44.5 Å². The fourth-order valence-corrected chi connectivity index (χ4v) is 8.94. The van der Waals surface area contributed by atoms with Crippen molar-refractivity contribution < 1.29 is 0 Å². The van der Waals surface area contributed by atoms with Crippen LogP contribution in [0, 0.1) is 0 Å². The highest BCUT2D eigenvalue weighted by Gasteiger charge is 2.18. The topological polar surface area (TPSA) is 35.6 Å². The summed E-state index contributed by atoms with van der Waals surface area (Å²) in [4.78, 5) is 10.2. The summed E-state index contributed by atoms with van der Waals surface area (Å²) < 4.78 is 4.78. The number of fused-ring (bicyclic) bond motifs is 8. The van der Waals surface area contributed by atoms with Crippen molar-refractivity contribution in [2.24, 2.45) is 0 Å². The van der Waals surface area contributed by atoms with Crippen LogP contribution in [0.15, 0.2) is 206 Å². The molecule has 0 unspecified atom stereocenters. The lowest BCUT2D eigenvalue weighted by Crippen LogP contribution is -1.97. The molecule has 0 radical (unpaired) electrons. The van der Waals surface area contributed by atoms with E-state index in [1.165, 1.54) is 71.2 Å². The zero-order valence-electron chi connectivity index (χ0n) is 31.4. The Morgan fingerprint density at radius 2 is 0.724 bits per heavy atom. The van der Waals surface area contributed by atoms with E-state index in [0.717, 1.165) is 39.2 Å². The van der Waals surface area contributed by atoms with Crippen LogP contribution in [0.5, 0.6) is 0 Å². The molecule has 0 amide bonds. The van der Waals surface area contributed by atoms with Crippen LogP contribution in [0.2, 0.25) is 0 Å². The lowest BCUT2D eigenvalue weighted by molar-refractivity contribution is 1.18. The third-order valence-electron chi connectivity index (χ3n) is 11.7. The van der Waals surface area contributed by atoms with Crippen LogP contribution < -0.4 is 0 Å². The molecule has 0 bridgehead atoms. The van der Waals surface area contributed by atoms with E-state index in [9.17, 15) is 0 Å². The lowest BCUT2D eigenvalue weighted by atomic mass is 10.0. The summed E-state index contributed by atoms with van der Waals surface area (Å²) in [6.45, 7) is 0. The Hall–Kier alpha value is -7.82. The van der Waals surface area contributed by atoms with Crippen LogP contribution in [0.25, 0.3) is 110 Å². The number of benzene rings is 9. The second kappa shape index (κ2) is 12.9. The van der Waals surface area contributed by atoms with Crippen LogP contribution in [-0.4, -0.2) is 19.1 Å². The minimum absolute atomic E-state index is 0.876. The molecule has 0 aliphatic rings. The Balaban J connectivity index is 0.969. The van der Waals surface area contributed by atoms with E-state index in [1.807, 2.05) is 30.3 Å². The number of hydrogen-bond donors (Lipinski definition) is 0. The van der Waals surface area contributed by atoms with Crippen molar-refractivity contribution in [1.29, 1.82) is 0 Å². The number of rotatable bonds is 5. The van der Waals surface area contributed by atoms with Gasteiger partial charge in [0.15, 0.2) is 0 Å². The van der Waals surface area contributed by atoms with E-state index in [1.54, 1.807) is 0 Å². The Kier molecular flexibility index (Phi) is 7.20. The van der Waals surface area contributed by atoms with Crippen LogP contribution in [0.3, 0.4) is 0 Å². The summed E-state index contributed by atoms with van der Waals surface area (Å²) in [5, 5.41) is 7.43. The van der Waals surface area contributed by atoms with E-state index < -0.39 is 0 Å². The van der Waals surface area contributed by atoms with Gasteiger partial charge in [0.1, 0.15) is 0 Å². The molecule has 0 aliphatic carbocycles. The van der Waals surface area contributed by atoms with Crippen molar-refractivity contribution in [2.75, 3.05) is 0 Å². The van der Waals surface area contributed by atoms with E-state index in [2.05, 4.69) is 185 Å². The van der Waals surface area contributed by atoms with Gasteiger partial charge in [-0.1, -0.05) is 133 Å². The maximum absolute atomic E-state index is 5.15. The molecule has 0 saturated heterocycles. The molecular weight excluding hydrogens is 705 g/mol. The maximum atomic E-state index is 5.15. The van der Waals surface area contributed by atoms with Gasteiger partial charge >= 0.3 is 0 Å². The van der Waals surface area contributed by atoms with Crippen molar-refractivity contribution in [2.45, 2.75) is 0 Å². The molecule has 0 spiro atoms. The molecule has 0 saturated carbocycles. The van der Waals surface area contributed by atoms with Gasteiger partial charge in [-0.3, -0.25) is 0 Å². The molecule has 4 nitrogen and oxygen atoms in total. The summed E-state index contributed by atoms with van der Waals surface area (Å²) in [5.41, 5.74) is 15.0. The molecule has 0 aliphatic heterocycles. The monoisotopic (exact) mass is 738 g/mol. The molecule has 12 aromatic rings. The molecule has 3 aromatic heterocycles. The molecular formula is C54H34N4. The molecule has 3 heterocycles. The Morgan fingerprint density at radius 3 is 1.34 bits per heavy atom. The van der Waals surface area contributed by atoms with Crippen LogP contribution >= 0.6 is 0 Å². The normalized spacial score (nSPS) is 11.8. The fraction of sp³-hybridized carbons (Fsp3) is 0. The third-order valence-corrected chi connectivity index (χ3v) is 11.7. The minimum atomic E-state index is 0.876. The third kappa shape index (κ3) is 5.09. The number of hydrogen-bond acceptors (Lipinski definition) is 2. The summed E-state index contributed by atoms with van der Waals surface area (Å²) in [7, 11) is 0. The van der Waals surface area contributed by atoms with E-state index in [0.29, 0.717) is 0 Å². The minimum Gasteiger partial charge on any atom is -0.309 e. The molecule has 0 fully saturated rings. The van der Waals surface area contributed by atoms with Gasteiger partial charge in [0.2, 0.25) is 0 Å². The van der Waals surface area contributed by atoms with Crippen molar-refractivity contribution >= 4 is 65.4 Å². The SMILES string of the molecule is c1ccc(-c2nc3ccccc3nc2-c2ccc(-n3c4ccccc4c4cc(-c5ccc6c(c5)c5ccccc5n6-c5ccc6ccccc6c5)ccc43)cc2)cc1. The molecule has 12 rings (SSSR count). The Labute approximate surface area is 334 Å². The lowest BCUT2D eigenvalue weighted by Gasteiger charge is -2.12. The highest BCUT2D eigenvalue weighted by atomic mass is 15.0. The zero-order valence-corrected chi connectivity index (χ0v) is 31.4. The Bertz CT molecular complexity index is 3560. The molecule has 4 heteroatoms. The van der Waals surface area contributed by atoms with Crippen molar-refractivity contribution in [3.8, 4) is 45.0 Å². The molecule has 270 valence electrons. The van der Waals surface area contributed by atoms with E-state index >= 15 is 0 Å². The molecule has 58 heavy (non-hydrogen) atoms. The quantitative estimate of drug-likeness (QED) is 0.176. The van der Waals surface area contributed by atoms with Crippen LogP contribution in [0.4, 0.5) is 0 Å². The number of para-hydroxylation sites is 4. The van der Waals surface area contributed by atoms with Gasteiger partial charge in [0.25, 0.3) is 0 Å². The van der Waals surface area contributed by atoms with Crippen molar-refractivity contribution in [3.05, 3.63) is 206 Å². The predicted octanol–water partition coefficient (Wildman–Crippen LogP) is 14.0. The first-order valence-corrected chi connectivity index (χ1v) is 19.7. The summed E-state index contributed by atoms with van der Waals surface area (Å²) >= 11 is 0.